The summed E-state index contributed by atoms with van der Waals surface area (Å²) in [5.41, 5.74) is 3.99. The van der Waals surface area contributed by atoms with E-state index in [1.54, 1.807) is 12.1 Å². The van der Waals surface area contributed by atoms with Crippen molar-refractivity contribution >= 4 is 17.5 Å². The SMILES string of the molecule is Cc1ccc(OCCC(=O)Nc2ccc(CC(=O)NC(C)C)cc2)cc1C. The van der Waals surface area contributed by atoms with Gasteiger partial charge in [0.25, 0.3) is 0 Å². The molecular weight excluding hydrogens is 340 g/mol. The third-order valence-corrected chi connectivity index (χ3v) is 4.13. The molecule has 0 radical (unpaired) electrons. The second-order valence-electron chi connectivity index (χ2n) is 6.99. The molecule has 0 aliphatic rings. The van der Waals surface area contributed by atoms with Crippen molar-refractivity contribution in [2.45, 2.75) is 46.6 Å². The van der Waals surface area contributed by atoms with E-state index in [0.717, 1.165) is 11.3 Å². The van der Waals surface area contributed by atoms with Crippen molar-refractivity contribution in [3.63, 3.8) is 0 Å². The van der Waals surface area contributed by atoms with Crippen molar-refractivity contribution in [2.75, 3.05) is 11.9 Å². The molecule has 0 aromatic heterocycles. The first-order valence-electron chi connectivity index (χ1n) is 9.21. The van der Waals surface area contributed by atoms with Gasteiger partial charge >= 0.3 is 0 Å². The lowest BCUT2D eigenvalue weighted by atomic mass is 10.1. The van der Waals surface area contributed by atoms with E-state index in [0.29, 0.717) is 18.7 Å². The summed E-state index contributed by atoms with van der Waals surface area (Å²) in [6, 6.07) is 13.3. The molecule has 2 aromatic rings. The van der Waals surface area contributed by atoms with Gasteiger partial charge in [-0.05, 0) is 68.7 Å². The molecule has 5 nitrogen and oxygen atoms in total. The molecule has 27 heavy (non-hydrogen) atoms. The van der Waals surface area contributed by atoms with E-state index in [-0.39, 0.29) is 24.3 Å². The summed E-state index contributed by atoms with van der Waals surface area (Å²) in [7, 11) is 0. The molecule has 0 aliphatic carbocycles. The normalized spacial score (nSPS) is 10.6. The van der Waals surface area contributed by atoms with Crippen LogP contribution in [-0.2, 0) is 16.0 Å². The Hall–Kier alpha value is -2.82. The number of hydrogen-bond acceptors (Lipinski definition) is 3. The number of ether oxygens (including phenoxy) is 1. The van der Waals surface area contributed by atoms with Crippen molar-refractivity contribution in [1.29, 1.82) is 0 Å². The molecule has 0 heterocycles. The van der Waals surface area contributed by atoms with E-state index in [2.05, 4.69) is 17.6 Å². The zero-order valence-electron chi connectivity index (χ0n) is 16.5. The number of carbonyl (C=O) groups is 2. The Bertz CT molecular complexity index is 783. The molecule has 144 valence electrons. The summed E-state index contributed by atoms with van der Waals surface area (Å²) >= 11 is 0. The van der Waals surface area contributed by atoms with Crippen LogP contribution in [0.1, 0.15) is 37.0 Å². The van der Waals surface area contributed by atoms with Gasteiger partial charge in [0, 0.05) is 11.7 Å². The number of benzene rings is 2. The third-order valence-electron chi connectivity index (χ3n) is 4.13. The molecular formula is C22H28N2O3. The maximum atomic E-state index is 12.1. The van der Waals surface area contributed by atoms with E-state index in [1.807, 2.05) is 51.1 Å². The fourth-order valence-electron chi connectivity index (χ4n) is 2.55. The minimum Gasteiger partial charge on any atom is -0.493 e. The zero-order chi connectivity index (χ0) is 19.8. The second kappa shape index (κ2) is 9.76. The number of aryl methyl sites for hydroxylation is 2. The summed E-state index contributed by atoms with van der Waals surface area (Å²) in [5, 5.41) is 5.70. The molecule has 0 aliphatic heterocycles. The van der Waals surface area contributed by atoms with E-state index in [9.17, 15) is 9.59 Å². The topological polar surface area (TPSA) is 67.4 Å². The number of anilines is 1. The summed E-state index contributed by atoms with van der Waals surface area (Å²) < 4.78 is 5.64. The molecule has 0 atom stereocenters. The standard InChI is InChI=1S/C22H28N2O3/c1-15(2)23-22(26)14-18-6-8-19(9-7-18)24-21(25)11-12-27-20-10-5-16(3)17(4)13-20/h5-10,13,15H,11-12,14H2,1-4H3,(H,23,26)(H,24,25). The number of rotatable bonds is 8. The Kier molecular flexibility index (Phi) is 7.41. The molecule has 2 amide bonds. The Morgan fingerprint density at radius 2 is 1.67 bits per heavy atom. The first kappa shape index (κ1) is 20.5. The van der Waals surface area contributed by atoms with Gasteiger partial charge in [0.1, 0.15) is 5.75 Å². The average Bonchev–Trinajstić information content (AvgIpc) is 2.59. The van der Waals surface area contributed by atoms with Crippen molar-refractivity contribution in [1.82, 2.24) is 5.32 Å². The van der Waals surface area contributed by atoms with Crippen LogP contribution in [0.3, 0.4) is 0 Å². The summed E-state index contributed by atoms with van der Waals surface area (Å²) in [6.45, 7) is 8.27. The van der Waals surface area contributed by atoms with Gasteiger partial charge < -0.3 is 15.4 Å². The Morgan fingerprint density at radius 1 is 0.963 bits per heavy atom. The molecule has 0 saturated carbocycles. The molecule has 0 bridgehead atoms. The van der Waals surface area contributed by atoms with Crippen molar-refractivity contribution in [2.24, 2.45) is 0 Å². The molecule has 2 aromatic carbocycles. The molecule has 2 rings (SSSR count). The average molecular weight is 368 g/mol. The van der Waals surface area contributed by atoms with Gasteiger partial charge in [0.05, 0.1) is 19.4 Å². The van der Waals surface area contributed by atoms with E-state index in [1.165, 1.54) is 11.1 Å². The highest BCUT2D eigenvalue weighted by atomic mass is 16.5. The molecule has 0 fully saturated rings. The maximum Gasteiger partial charge on any atom is 0.227 e. The largest absolute Gasteiger partial charge is 0.493 e. The number of nitrogens with one attached hydrogen (secondary N) is 2. The quantitative estimate of drug-likeness (QED) is 0.745. The number of carbonyl (C=O) groups excluding carboxylic acids is 2. The van der Waals surface area contributed by atoms with Gasteiger partial charge in [-0.15, -0.1) is 0 Å². The van der Waals surface area contributed by atoms with Crippen molar-refractivity contribution in [3.8, 4) is 5.75 Å². The summed E-state index contributed by atoms with van der Waals surface area (Å²) in [5.74, 6) is 0.657. The van der Waals surface area contributed by atoms with E-state index >= 15 is 0 Å². The Labute approximate surface area is 161 Å². The molecule has 0 saturated heterocycles. The van der Waals surface area contributed by atoms with Crippen LogP contribution in [0.5, 0.6) is 5.75 Å². The van der Waals surface area contributed by atoms with Crippen molar-refractivity contribution < 1.29 is 14.3 Å². The number of hydrogen-bond donors (Lipinski definition) is 2. The van der Waals surface area contributed by atoms with E-state index in [4.69, 9.17) is 4.74 Å². The third kappa shape index (κ3) is 7.13. The fraction of sp³-hybridized carbons (Fsp3) is 0.364. The van der Waals surface area contributed by atoms with Crippen LogP contribution in [0.4, 0.5) is 5.69 Å². The highest BCUT2D eigenvalue weighted by Crippen LogP contribution is 2.16. The first-order valence-corrected chi connectivity index (χ1v) is 9.21. The minimum atomic E-state index is -0.107. The van der Waals surface area contributed by atoms with Gasteiger partial charge in [-0.25, -0.2) is 0 Å². The lowest BCUT2D eigenvalue weighted by Gasteiger charge is -2.10. The smallest absolute Gasteiger partial charge is 0.227 e. The number of amides is 2. The predicted octanol–water partition coefficient (Wildman–Crippen LogP) is 3.78. The monoisotopic (exact) mass is 368 g/mol. The Morgan fingerprint density at radius 3 is 2.30 bits per heavy atom. The Balaban J connectivity index is 1.76. The molecule has 0 unspecified atom stereocenters. The van der Waals surface area contributed by atoms with Gasteiger partial charge in [0.2, 0.25) is 11.8 Å². The van der Waals surface area contributed by atoms with Gasteiger partial charge in [0.15, 0.2) is 0 Å². The maximum absolute atomic E-state index is 12.1. The zero-order valence-corrected chi connectivity index (χ0v) is 16.5. The molecule has 2 N–H and O–H groups in total. The second-order valence-corrected chi connectivity index (χ2v) is 6.99. The first-order chi connectivity index (χ1) is 12.8. The summed E-state index contributed by atoms with van der Waals surface area (Å²) in [6.07, 6.45) is 0.599. The van der Waals surface area contributed by atoms with Crippen LogP contribution in [0, 0.1) is 13.8 Å². The highest BCUT2D eigenvalue weighted by Gasteiger charge is 2.07. The van der Waals surface area contributed by atoms with E-state index < -0.39 is 0 Å². The van der Waals surface area contributed by atoms with Gasteiger partial charge in [-0.2, -0.15) is 0 Å². The van der Waals surface area contributed by atoms with Crippen LogP contribution in [-0.4, -0.2) is 24.5 Å². The minimum absolute atomic E-state index is 0.00900. The van der Waals surface area contributed by atoms with Crippen molar-refractivity contribution in [3.05, 3.63) is 59.2 Å². The van der Waals surface area contributed by atoms with Gasteiger partial charge in [-0.1, -0.05) is 18.2 Å². The van der Waals surface area contributed by atoms with Crippen LogP contribution in [0.25, 0.3) is 0 Å². The fourth-order valence-corrected chi connectivity index (χ4v) is 2.55. The highest BCUT2D eigenvalue weighted by molar-refractivity contribution is 5.90. The summed E-state index contributed by atoms with van der Waals surface area (Å²) in [4.78, 5) is 23.8. The van der Waals surface area contributed by atoms with Crippen LogP contribution >= 0.6 is 0 Å². The van der Waals surface area contributed by atoms with Crippen LogP contribution < -0.4 is 15.4 Å². The molecule has 0 spiro atoms. The van der Waals surface area contributed by atoms with Crippen LogP contribution in [0.2, 0.25) is 0 Å². The lowest BCUT2D eigenvalue weighted by molar-refractivity contribution is -0.121. The van der Waals surface area contributed by atoms with Crippen LogP contribution in [0.15, 0.2) is 42.5 Å². The predicted molar refractivity (Wildman–Crippen MR) is 108 cm³/mol. The lowest BCUT2D eigenvalue weighted by Crippen LogP contribution is -2.31. The molecule has 5 heteroatoms. The van der Waals surface area contributed by atoms with Gasteiger partial charge in [-0.3, -0.25) is 9.59 Å².